The number of nitrogens with one attached hydrogen (secondary N) is 1. The Balaban J connectivity index is 1.82. The summed E-state index contributed by atoms with van der Waals surface area (Å²) in [6.45, 7) is 1.00. The van der Waals surface area contributed by atoms with Gasteiger partial charge in [0.2, 0.25) is 5.95 Å². The van der Waals surface area contributed by atoms with E-state index < -0.39 is 11.9 Å². The summed E-state index contributed by atoms with van der Waals surface area (Å²) in [4.78, 5) is 11.8. The highest BCUT2D eigenvalue weighted by atomic mass is 19.4. The van der Waals surface area contributed by atoms with Crippen molar-refractivity contribution < 1.29 is 17.9 Å². The lowest BCUT2D eigenvalue weighted by atomic mass is 10.1. The Labute approximate surface area is 129 Å². The molecule has 1 N–H and O–H groups in total. The molecule has 3 rings (SSSR count). The Morgan fingerprint density at radius 1 is 1.39 bits per heavy atom. The molecule has 0 saturated carbocycles. The fraction of sp³-hybridized carbons (Fsp3) is 0.538. The van der Waals surface area contributed by atoms with Crippen molar-refractivity contribution in [2.45, 2.75) is 38.2 Å². The van der Waals surface area contributed by atoms with Crippen molar-refractivity contribution in [3.8, 4) is 0 Å². The third kappa shape index (κ3) is 3.41. The normalized spacial score (nSPS) is 17.8. The minimum absolute atomic E-state index is 0.0745. The number of ether oxygens (including phenoxy) is 1. The van der Waals surface area contributed by atoms with Gasteiger partial charge in [-0.15, -0.1) is 0 Å². The first-order valence-electron chi connectivity index (χ1n) is 7.06. The average Bonchev–Trinajstić information content (AvgIpc) is 2.91. The number of anilines is 1. The number of hydrogen-bond donors (Lipinski definition) is 1. The van der Waals surface area contributed by atoms with Crippen LogP contribution in [0.1, 0.15) is 36.2 Å². The minimum atomic E-state index is -4.50. The van der Waals surface area contributed by atoms with Crippen LogP contribution in [0.25, 0.3) is 0 Å². The molecular formula is C13H15F3N6O. The van der Waals surface area contributed by atoms with Gasteiger partial charge in [0.15, 0.2) is 5.82 Å². The topological polar surface area (TPSA) is 77.8 Å². The van der Waals surface area contributed by atoms with E-state index in [9.17, 15) is 13.2 Å². The average molecular weight is 328 g/mol. The van der Waals surface area contributed by atoms with Crippen LogP contribution < -0.4 is 5.32 Å². The zero-order valence-electron chi connectivity index (χ0n) is 12.3. The molecule has 2 aromatic rings. The molecule has 124 valence electrons. The zero-order chi connectivity index (χ0) is 16.4. The van der Waals surface area contributed by atoms with Crippen molar-refractivity contribution >= 4 is 5.95 Å². The fourth-order valence-corrected chi connectivity index (χ4v) is 2.47. The van der Waals surface area contributed by atoms with Crippen molar-refractivity contribution in [2.24, 2.45) is 0 Å². The van der Waals surface area contributed by atoms with E-state index in [1.165, 1.54) is 0 Å². The number of methoxy groups -OCH3 is 1. The van der Waals surface area contributed by atoms with Crippen molar-refractivity contribution in [2.75, 3.05) is 12.4 Å². The van der Waals surface area contributed by atoms with E-state index in [-0.39, 0.29) is 18.6 Å². The molecule has 0 amide bonds. The predicted molar refractivity (Wildman–Crippen MR) is 73.4 cm³/mol. The molecule has 0 fully saturated rings. The first kappa shape index (κ1) is 15.7. The fourth-order valence-electron chi connectivity index (χ4n) is 2.47. The molecule has 0 saturated heterocycles. The lowest BCUT2D eigenvalue weighted by Gasteiger charge is -2.23. The monoisotopic (exact) mass is 328 g/mol. The molecule has 0 spiro atoms. The van der Waals surface area contributed by atoms with Gasteiger partial charge in [0.05, 0.1) is 6.04 Å². The van der Waals surface area contributed by atoms with Gasteiger partial charge >= 0.3 is 6.18 Å². The minimum Gasteiger partial charge on any atom is -0.377 e. The van der Waals surface area contributed by atoms with Gasteiger partial charge in [-0.1, -0.05) is 0 Å². The van der Waals surface area contributed by atoms with E-state index in [0.29, 0.717) is 24.6 Å². The van der Waals surface area contributed by atoms with Crippen LogP contribution in [0.3, 0.4) is 0 Å². The number of fused-ring (bicyclic) bond motifs is 1. The highest BCUT2D eigenvalue weighted by Gasteiger charge is 2.33. The Bertz CT molecular complexity index is 687. The molecule has 1 aliphatic heterocycles. The first-order valence-corrected chi connectivity index (χ1v) is 7.06. The highest BCUT2D eigenvalue weighted by molar-refractivity contribution is 5.29. The van der Waals surface area contributed by atoms with E-state index in [0.717, 1.165) is 18.7 Å². The van der Waals surface area contributed by atoms with E-state index in [4.69, 9.17) is 4.74 Å². The molecule has 7 nitrogen and oxygen atoms in total. The van der Waals surface area contributed by atoms with Crippen molar-refractivity contribution in [1.29, 1.82) is 0 Å². The Morgan fingerprint density at radius 3 is 2.96 bits per heavy atom. The number of hydrogen-bond acceptors (Lipinski definition) is 6. The molecule has 0 bridgehead atoms. The van der Waals surface area contributed by atoms with Crippen LogP contribution in [0.2, 0.25) is 0 Å². The van der Waals surface area contributed by atoms with Gasteiger partial charge in [0, 0.05) is 19.9 Å². The van der Waals surface area contributed by atoms with Crippen LogP contribution in [0.4, 0.5) is 19.1 Å². The van der Waals surface area contributed by atoms with E-state index in [1.807, 2.05) is 0 Å². The van der Waals surface area contributed by atoms with E-state index in [1.54, 1.807) is 11.8 Å². The number of aryl methyl sites for hydroxylation is 1. The quantitative estimate of drug-likeness (QED) is 0.927. The van der Waals surface area contributed by atoms with Crippen LogP contribution in [-0.4, -0.2) is 31.8 Å². The lowest BCUT2D eigenvalue weighted by molar-refractivity contribution is -0.141. The van der Waals surface area contributed by atoms with Gasteiger partial charge in [-0.2, -0.15) is 18.3 Å². The van der Waals surface area contributed by atoms with Crippen molar-refractivity contribution in [3.05, 3.63) is 29.6 Å². The van der Waals surface area contributed by atoms with Crippen LogP contribution in [-0.2, 0) is 24.1 Å². The number of alkyl halides is 3. The molecule has 23 heavy (non-hydrogen) atoms. The molecule has 0 radical (unpaired) electrons. The van der Waals surface area contributed by atoms with Gasteiger partial charge in [0.25, 0.3) is 0 Å². The van der Waals surface area contributed by atoms with E-state index in [2.05, 4.69) is 25.4 Å². The lowest BCUT2D eigenvalue weighted by Crippen LogP contribution is -2.24. The highest BCUT2D eigenvalue weighted by Crippen LogP contribution is 2.29. The second-order valence-electron chi connectivity index (χ2n) is 5.14. The third-order valence-electron chi connectivity index (χ3n) is 3.44. The van der Waals surface area contributed by atoms with E-state index >= 15 is 0 Å². The smallest absolute Gasteiger partial charge is 0.377 e. The second-order valence-corrected chi connectivity index (χ2v) is 5.14. The summed E-state index contributed by atoms with van der Waals surface area (Å²) in [5.41, 5.74) is -0.979. The number of nitrogens with zero attached hydrogens (tertiary/aromatic N) is 5. The Hall–Kier alpha value is -2.23. The molecule has 10 heteroatoms. The standard InChI is InChI=1S/C13H15F3N6O/c1-23-7-10-20-11-8(3-2-6-22(11)21-10)18-12-17-5-4-9(19-12)13(14,15)16/h4-5,8H,2-3,6-7H2,1H3,(H,17,18,19). The molecule has 3 heterocycles. The third-order valence-corrected chi connectivity index (χ3v) is 3.44. The summed E-state index contributed by atoms with van der Waals surface area (Å²) in [6, 6.07) is 0.552. The molecule has 1 aliphatic rings. The van der Waals surface area contributed by atoms with Crippen LogP contribution in [0, 0.1) is 0 Å². The van der Waals surface area contributed by atoms with Crippen molar-refractivity contribution in [1.82, 2.24) is 24.7 Å². The molecule has 1 unspecified atom stereocenters. The van der Waals surface area contributed by atoms with Gasteiger partial charge < -0.3 is 10.1 Å². The molecule has 0 aromatic carbocycles. The summed E-state index contributed by atoms with van der Waals surface area (Å²) in [6.07, 6.45) is -1.87. The predicted octanol–water partition coefficient (Wildman–Crippen LogP) is 2.18. The molecule has 1 atom stereocenters. The Kier molecular flexibility index (Phi) is 4.16. The summed E-state index contributed by atoms with van der Waals surface area (Å²) >= 11 is 0. The van der Waals surface area contributed by atoms with Crippen LogP contribution in [0.15, 0.2) is 12.3 Å². The molecular weight excluding hydrogens is 313 g/mol. The SMILES string of the molecule is COCc1nc2n(n1)CCCC2Nc1nccc(C(F)(F)F)n1. The molecule has 2 aromatic heterocycles. The summed E-state index contributed by atoms with van der Waals surface area (Å²) < 4.78 is 44.9. The Morgan fingerprint density at radius 2 is 2.22 bits per heavy atom. The number of halogens is 3. The van der Waals surface area contributed by atoms with Gasteiger partial charge in [0.1, 0.15) is 18.1 Å². The van der Waals surface area contributed by atoms with Gasteiger partial charge in [-0.3, -0.25) is 0 Å². The maximum absolute atomic E-state index is 12.7. The summed E-state index contributed by atoms with van der Waals surface area (Å²) in [5.74, 6) is 1.13. The maximum atomic E-state index is 12.7. The maximum Gasteiger partial charge on any atom is 0.433 e. The molecule has 0 aliphatic carbocycles. The van der Waals surface area contributed by atoms with Gasteiger partial charge in [-0.05, 0) is 18.9 Å². The van der Waals surface area contributed by atoms with Crippen molar-refractivity contribution in [3.63, 3.8) is 0 Å². The number of aromatic nitrogens is 5. The summed E-state index contributed by atoms with van der Waals surface area (Å²) in [5, 5.41) is 7.23. The number of rotatable bonds is 4. The van der Waals surface area contributed by atoms with Gasteiger partial charge in [-0.25, -0.2) is 19.6 Å². The van der Waals surface area contributed by atoms with Crippen LogP contribution in [0.5, 0.6) is 0 Å². The zero-order valence-corrected chi connectivity index (χ0v) is 12.3. The second kappa shape index (κ2) is 6.11. The summed E-state index contributed by atoms with van der Waals surface area (Å²) in [7, 11) is 1.55. The first-order chi connectivity index (χ1) is 11.0. The van der Waals surface area contributed by atoms with Crippen LogP contribution >= 0.6 is 0 Å². The largest absolute Gasteiger partial charge is 0.433 e.